The van der Waals surface area contributed by atoms with Crippen molar-refractivity contribution >= 4 is 17.1 Å². The minimum absolute atomic E-state index is 0.422. The Bertz CT molecular complexity index is 844. The number of hydrogen-bond acceptors (Lipinski definition) is 2. The normalized spacial score (nSPS) is 10.8. The van der Waals surface area contributed by atoms with E-state index in [1.807, 2.05) is 48.6 Å². The molecule has 3 nitrogen and oxygen atoms in total. The molecule has 0 aliphatic rings. The van der Waals surface area contributed by atoms with Crippen LogP contribution in [0.2, 0.25) is 0 Å². The molecule has 0 amide bonds. The number of nitrogens with zero attached hydrogens (tertiary/aromatic N) is 1. The maximum Gasteiger partial charge on any atom is 0.250 e. The van der Waals surface area contributed by atoms with E-state index in [-0.39, 0.29) is 0 Å². The summed E-state index contributed by atoms with van der Waals surface area (Å²) in [5.41, 5.74) is 3.56. The van der Waals surface area contributed by atoms with Crippen molar-refractivity contribution in [2.24, 2.45) is 0 Å². The van der Waals surface area contributed by atoms with Gasteiger partial charge in [0.1, 0.15) is 5.69 Å². The molecule has 0 saturated carbocycles. The van der Waals surface area contributed by atoms with E-state index in [1.54, 1.807) is 24.3 Å². The molecule has 0 saturated heterocycles. The van der Waals surface area contributed by atoms with Gasteiger partial charge in [-0.2, -0.15) is 0 Å². The van der Waals surface area contributed by atoms with Crippen LogP contribution in [0.5, 0.6) is 0 Å². The number of benzene rings is 1. The fraction of sp³-hybridized carbons (Fsp3) is 0.111. The lowest BCUT2D eigenvalue weighted by Crippen LogP contribution is -2.18. The monoisotopic (exact) mass is 277 g/mol. The van der Waals surface area contributed by atoms with Crippen LogP contribution < -0.4 is 0 Å². The lowest BCUT2D eigenvalue weighted by molar-refractivity contribution is 0.0813. The Morgan fingerprint density at radius 3 is 2.29 bits per heavy atom. The second-order valence-electron chi connectivity index (χ2n) is 5.13. The van der Waals surface area contributed by atoms with Crippen LogP contribution in [0.3, 0.4) is 0 Å². The second-order valence-corrected chi connectivity index (χ2v) is 5.13. The Balaban J connectivity index is 2.15. The number of hydrogen-bond donors (Lipinski definition) is 0. The molecule has 1 aromatic carbocycles. The number of carbonyl (C=O) groups excluding carboxylic acids is 2. The zero-order valence-corrected chi connectivity index (χ0v) is 12.0. The molecule has 3 heteroatoms. The summed E-state index contributed by atoms with van der Waals surface area (Å²) in [6.45, 7) is 3.79. The van der Waals surface area contributed by atoms with Crippen molar-refractivity contribution in [3.05, 3.63) is 77.1 Å². The number of aryl methyl sites for hydroxylation is 2. The maximum absolute atomic E-state index is 12.6. The lowest BCUT2D eigenvalue weighted by Gasteiger charge is -2.06. The standard InChI is InChI=1S/C18H15NO2/c1-12-11-15-10-6-7-13(2)19(15)16(12)18(21)17(20)14-8-4-3-5-9-14/h3-11H,1-2H3. The first kappa shape index (κ1) is 13.3. The summed E-state index contributed by atoms with van der Waals surface area (Å²) in [4.78, 5) is 25.0. The molecule has 21 heavy (non-hydrogen) atoms. The lowest BCUT2D eigenvalue weighted by atomic mass is 10.0. The Morgan fingerprint density at radius 1 is 0.857 bits per heavy atom. The Kier molecular flexibility index (Phi) is 3.18. The average Bonchev–Trinajstić information content (AvgIpc) is 2.84. The molecular formula is C18H15NO2. The fourth-order valence-corrected chi connectivity index (χ4v) is 2.63. The smallest absolute Gasteiger partial charge is 0.250 e. The molecule has 2 heterocycles. The summed E-state index contributed by atoms with van der Waals surface area (Å²) in [5.74, 6) is -0.935. The fourth-order valence-electron chi connectivity index (χ4n) is 2.63. The van der Waals surface area contributed by atoms with Crippen LogP contribution >= 0.6 is 0 Å². The predicted molar refractivity (Wildman–Crippen MR) is 82.0 cm³/mol. The van der Waals surface area contributed by atoms with Crippen molar-refractivity contribution < 1.29 is 9.59 Å². The molecule has 104 valence electrons. The molecule has 0 aliphatic carbocycles. The van der Waals surface area contributed by atoms with Gasteiger partial charge >= 0.3 is 0 Å². The minimum Gasteiger partial charge on any atom is -0.311 e. The molecule has 3 aromatic rings. The first-order valence-corrected chi connectivity index (χ1v) is 6.81. The van der Waals surface area contributed by atoms with Gasteiger partial charge in [-0.25, -0.2) is 0 Å². The summed E-state index contributed by atoms with van der Waals surface area (Å²) < 4.78 is 1.85. The molecule has 0 atom stereocenters. The van der Waals surface area contributed by atoms with Crippen molar-refractivity contribution in [2.45, 2.75) is 13.8 Å². The zero-order chi connectivity index (χ0) is 15.0. The van der Waals surface area contributed by atoms with Gasteiger partial charge in [0.25, 0.3) is 0 Å². The molecule has 2 aromatic heterocycles. The van der Waals surface area contributed by atoms with Gasteiger partial charge in [0.2, 0.25) is 11.6 Å². The highest BCUT2D eigenvalue weighted by atomic mass is 16.2. The van der Waals surface area contributed by atoms with E-state index >= 15 is 0 Å². The number of aromatic nitrogens is 1. The number of Topliss-reactive ketones (excluding diaryl/α,β-unsaturated/α-hetero) is 2. The predicted octanol–water partition coefficient (Wildman–Crippen LogP) is 3.62. The van der Waals surface area contributed by atoms with E-state index in [9.17, 15) is 9.59 Å². The number of ketones is 2. The van der Waals surface area contributed by atoms with Crippen molar-refractivity contribution in [1.29, 1.82) is 0 Å². The van der Waals surface area contributed by atoms with Crippen LogP contribution in [0.1, 0.15) is 32.1 Å². The van der Waals surface area contributed by atoms with Crippen molar-refractivity contribution in [1.82, 2.24) is 4.40 Å². The largest absolute Gasteiger partial charge is 0.311 e. The molecule has 0 bridgehead atoms. The van der Waals surface area contributed by atoms with Crippen LogP contribution in [0.25, 0.3) is 5.52 Å². The van der Waals surface area contributed by atoms with Crippen LogP contribution in [-0.2, 0) is 0 Å². The summed E-state index contributed by atoms with van der Waals surface area (Å²) >= 11 is 0. The van der Waals surface area contributed by atoms with Gasteiger partial charge in [-0.05, 0) is 37.6 Å². The van der Waals surface area contributed by atoms with E-state index in [1.165, 1.54) is 0 Å². The van der Waals surface area contributed by atoms with Gasteiger partial charge in [-0.15, -0.1) is 0 Å². The van der Waals surface area contributed by atoms with Crippen LogP contribution in [-0.4, -0.2) is 16.0 Å². The van der Waals surface area contributed by atoms with Gasteiger partial charge < -0.3 is 4.40 Å². The van der Waals surface area contributed by atoms with Gasteiger partial charge in [0.05, 0.1) is 0 Å². The third-order valence-electron chi connectivity index (χ3n) is 3.63. The van der Waals surface area contributed by atoms with E-state index in [4.69, 9.17) is 0 Å². The Morgan fingerprint density at radius 2 is 1.57 bits per heavy atom. The van der Waals surface area contributed by atoms with Gasteiger partial charge in [-0.3, -0.25) is 9.59 Å². The third kappa shape index (κ3) is 2.17. The average molecular weight is 277 g/mol. The molecule has 3 rings (SSSR count). The first-order chi connectivity index (χ1) is 10.1. The van der Waals surface area contributed by atoms with Gasteiger partial charge in [0, 0.05) is 16.8 Å². The van der Waals surface area contributed by atoms with Crippen molar-refractivity contribution in [2.75, 3.05) is 0 Å². The van der Waals surface area contributed by atoms with E-state index < -0.39 is 11.6 Å². The number of pyridine rings is 1. The number of carbonyl (C=O) groups is 2. The molecule has 0 radical (unpaired) electrons. The SMILES string of the molecule is Cc1cc2cccc(C)n2c1C(=O)C(=O)c1ccccc1. The summed E-state index contributed by atoms with van der Waals surface area (Å²) in [5, 5.41) is 0. The Hall–Kier alpha value is -2.68. The zero-order valence-electron chi connectivity index (χ0n) is 12.0. The number of fused-ring (bicyclic) bond motifs is 1. The highest BCUT2D eigenvalue weighted by Crippen LogP contribution is 2.20. The van der Waals surface area contributed by atoms with Gasteiger partial charge in [0.15, 0.2) is 0 Å². The van der Waals surface area contributed by atoms with E-state index in [0.717, 1.165) is 16.8 Å². The topological polar surface area (TPSA) is 38.5 Å². The highest BCUT2D eigenvalue weighted by molar-refractivity contribution is 6.49. The summed E-state index contributed by atoms with van der Waals surface area (Å²) in [6.07, 6.45) is 0. The first-order valence-electron chi connectivity index (χ1n) is 6.81. The summed E-state index contributed by atoms with van der Waals surface area (Å²) in [6, 6.07) is 16.4. The molecule has 0 spiro atoms. The van der Waals surface area contributed by atoms with Crippen LogP contribution in [0.4, 0.5) is 0 Å². The minimum atomic E-state index is -0.470. The number of rotatable bonds is 3. The Labute approximate surface area is 122 Å². The highest BCUT2D eigenvalue weighted by Gasteiger charge is 2.23. The van der Waals surface area contributed by atoms with E-state index in [0.29, 0.717) is 11.3 Å². The van der Waals surface area contributed by atoms with Crippen LogP contribution in [0.15, 0.2) is 54.6 Å². The molecule has 0 fully saturated rings. The molecule has 0 unspecified atom stereocenters. The van der Waals surface area contributed by atoms with Gasteiger partial charge in [-0.1, -0.05) is 36.4 Å². The quantitative estimate of drug-likeness (QED) is 0.541. The van der Waals surface area contributed by atoms with Crippen molar-refractivity contribution in [3.8, 4) is 0 Å². The van der Waals surface area contributed by atoms with Crippen molar-refractivity contribution in [3.63, 3.8) is 0 Å². The third-order valence-corrected chi connectivity index (χ3v) is 3.63. The summed E-state index contributed by atoms with van der Waals surface area (Å²) in [7, 11) is 0. The molecule has 0 aliphatic heterocycles. The van der Waals surface area contributed by atoms with E-state index in [2.05, 4.69) is 0 Å². The molecular weight excluding hydrogens is 262 g/mol. The maximum atomic E-state index is 12.6. The molecule has 0 N–H and O–H groups in total. The van der Waals surface area contributed by atoms with Crippen LogP contribution in [0, 0.1) is 13.8 Å². The second kappa shape index (κ2) is 5.02.